The number of hydrogen-bond acceptors (Lipinski definition) is 4. The van der Waals surface area contributed by atoms with E-state index in [1.165, 1.54) is 0 Å². The van der Waals surface area contributed by atoms with Gasteiger partial charge < -0.3 is 14.6 Å². The number of aliphatic hydroxyl groups excluding tert-OH is 1. The highest BCUT2D eigenvalue weighted by molar-refractivity contribution is 7.80. The van der Waals surface area contributed by atoms with Crippen LogP contribution in [0.15, 0.2) is 18.2 Å². The molecule has 1 unspecified atom stereocenters. The van der Waals surface area contributed by atoms with Crippen molar-refractivity contribution in [2.45, 2.75) is 6.10 Å². The van der Waals surface area contributed by atoms with Gasteiger partial charge in [-0.3, -0.25) is 0 Å². The highest BCUT2D eigenvalue weighted by Crippen LogP contribution is 2.32. The average molecular weight is 212 g/mol. The minimum absolute atomic E-state index is 0.402. The molecule has 2 rings (SSSR count). The zero-order valence-electron chi connectivity index (χ0n) is 7.64. The summed E-state index contributed by atoms with van der Waals surface area (Å²) in [5.41, 5.74) is 0.809. The van der Waals surface area contributed by atoms with Crippen molar-refractivity contribution in [3.8, 4) is 11.5 Å². The third-order valence-corrected chi connectivity index (χ3v) is 2.47. The summed E-state index contributed by atoms with van der Waals surface area (Å²) in [7, 11) is 0. The number of aliphatic hydroxyl groups is 1. The Balaban J connectivity index is 2.29. The third-order valence-electron chi connectivity index (χ3n) is 2.12. The Morgan fingerprint density at radius 1 is 1.29 bits per heavy atom. The van der Waals surface area contributed by atoms with Gasteiger partial charge in [0.2, 0.25) is 0 Å². The van der Waals surface area contributed by atoms with Crippen LogP contribution in [0.3, 0.4) is 0 Å². The lowest BCUT2D eigenvalue weighted by molar-refractivity contribution is 0.169. The van der Waals surface area contributed by atoms with Crippen LogP contribution < -0.4 is 9.47 Å². The first-order valence-electron chi connectivity index (χ1n) is 4.49. The van der Waals surface area contributed by atoms with Crippen LogP contribution in [-0.2, 0) is 0 Å². The molecule has 1 N–H and O–H groups in total. The summed E-state index contributed by atoms with van der Waals surface area (Å²) in [5.74, 6) is 1.85. The van der Waals surface area contributed by atoms with Crippen molar-refractivity contribution in [3.63, 3.8) is 0 Å². The molecule has 4 heteroatoms. The third kappa shape index (κ3) is 1.81. The lowest BCUT2D eigenvalue weighted by Crippen LogP contribution is -2.15. The summed E-state index contributed by atoms with van der Waals surface area (Å²) < 4.78 is 10.8. The molecule has 0 aromatic heterocycles. The summed E-state index contributed by atoms with van der Waals surface area (Å²) in [6, 6.07) is 5.44. The van der Waals surface area contributed by atoms with Crippen LogP contribution in [0, 0.1) is 0 Å². The fourth-order valence-electron chi connectivity index (χ4n) is 1.37. The topological polar surface area (TPSA) is 38.7 Å². The summed E-state index contributed by atoms with van der Waals surface area (Å²) in [6.45, 7) is 1.15. The number of rotatable bonds is 2. The van der Waals surface area contributed by atoms with Gasteiger partial charge in [-0.15, -0.1) is 0 Å². The van der Waals surface area contributed by atoms with Crippen molar-refractivity contribution in [2.24, 2.45) is 0 Å². The van der Waals surface area contributed by atoms with Gasteiger partial charge in [0.15, 0.2) is 11.5 Å². The van der Waals surface area contributed by atoms with Gasteiger partial charge in [-0.05, 0) is 17.7 Å². The quantitative estimate of drug-likeness (QED) is 0.728. The Morgan fingerprint density at radius 2 is 2.00 bits per heavy atom. The molecule has 0 spiro atoms. The van der Waals surface area contributed by atoms with Crippen molar-refractivity contribution in [1.29, 1.82) is 0 Å². The van der Waals surface area contributed by atoms with E-state index in [0.29, 0.717) is 24.7 Å². The van der Waals surface area contributed by atoms with Crippen LogP contribution in [0.5, 0.6) is 11.5 Å². The van der Waals surface area contributed by atoms with Gasteiger partial charge in [0.05, 0.1) is 6.10 Å². The second kappa shape index (κ2) is 4.11. The van der Waals surface area contributed by atoms with Gasteiger partial charge in [-0.2, -0.15) is 12.6 Å². The van der Waals surface area contributed by atoms with E-state index in [1.807, 2.05) is 12.1 Å². The molecule has 1 heterocycles. The van der Waals surface area contributed by atoms with Crippen LogP contribution in [-0.4, -0.2) is 24.1 Å². The average Bonchev–Trinajstić information content (AvgIpc) is 2.27. The molecule has 76 valence electrons. The Kier molecular flexibility index (Phi) is 2.84. The minimum Gasteiger partial charge on any atom is -0.486 e. The van der Waals surface area contributed by atoms with E-state index in [4.69, 9.17) is 9.47 Å². The predicted octanol–water partition coefficient (Wildman–Crippen LogP) is 1.42. The van der Waals surface area contributed by atoms with E-state index >= 15 is 0 Å². The van der Waals surface area contributed by atoms with Gasteiger partial charge in [0.1, 0.15) is 13.2 Å². The molecule has 0 radical (unpaired) electrons. The molecule has 1 aliphatic rings. The predicted molar refractivity (Wildman–Crippen MR) is 56.2 cm³/mol. The zero-order chi connectivity index (χ0) is 9.97. The van der Waals surface area contributed by atoms with E-state index in [2.05, 4.69) is 12.6 Å². The van der Waals surface area contributed by atoms with Gasteiger partial charge in [-0.1, -0.05) is 6.07 Å². The Hall–Kier alpha value is -0.870. The normalized spacial score (nSPS) is 16.4. The first kappa shape index (κ1) is 9.68. The highest BCUT2D eigenvalue weighted by Gasteiger charge is 2.14. The zero-order valence-corrected chi connectivity index (χ0v) is 8.54. The molecule has 0 saturated heterocycles. The molecule has 0 fully saturated rings. The van der Waals surface area contributed by atoms with Gasteiger partial charge in [0.25, 0.3) is 0 Å². The van der Waals surface area contributed by atoms with Crippen molar-refractivity contribution < 1.29 is 14.6 Å². The molecule has 3 nitrogen and oxygen atoms in total. The van der Waals surface area contributed by atoms with E-state index < -0.39 is 6.10 Å². The standard InChI is InChI=1S/C10H12O3S/c11-8(6-14)7-1-2-9-10(5-7)13-4-3-12-9/h1-2,5,8,11,14H,3-4,6H2. The number of fused-ring (bicyclic) bond motifs is 1. The summed E-state index contributed by atoms with van der Waals surface area (Å²) >= 11 is 4.03. The minimum atomic E-state index is -0.547. The monoisotopic (exact) mass is 212 g/mol. The molecule has 1 aromatic carbocycles. The first-order chi connectivity index (χ1) is 6.81. The number of benzene rings is 1. The maximum Gasteiger partial charge on any atom is 0.161 e. The van der Waals surface area contributed by atoms with E-state index in [1.54, 1.807) is 6.07 Å². The molecule has 0 aliphatic carbocycles. The smallest absolute Gasteiger partial charge is 0.161 e. The molecule has 1 aromatic rings. The van der Waals surface area contributed by atoms with Gasteiger partial charge in [0, 0.05) is 5.75 Å². The van der Waals surface area contributed by atoms with Crippen LogP contribution in [0.2, 0.25) is 0 Å². The van der Waals surface area contributed by atoms with Gasteiger partial charge >= 0.3 is 0 Å². The maximum absolute atomic E-state index is 9.56. The lowest BCUT2D eigenvalue weighted by atomic mass is 10.1. The maximum atomic E-state index is 9.56. The molecule has 14 heavy (non-hydrogen) atoms. The Morgan fingerprint density at radius 3 is 2.71 bits per heavy atom. The van der Waals surface area contributed by atoms with Crippen molar-refractivity contribution in [3.05, 3.63) is 23.8 Å². The highest BCUT2D eigenvalue weighted by atomic mass is 32.1. The van der Waals surface area contributed by atoms with E-state index in [-0.39, 0.29) is 0 Å². The second-order valence-electron chi connectivity index (χ2n) is 3.10. The first-order valence-corrected chi connectivity index (χ1v) is 5.13. The lowest BCUT2D eigenvalue weighted by Gasteiger charge is -2.19. The summed E-state index contributed by atoms with van der Waals surface area (Å²) in [6.07, 6.45) is -0.547. The van der Waals surface area contributed by atoms with Crippen molar-refractivity contribution in [2.75, 3.05) is 19.0 Å². The number of ether oxygens (including phenoxy) is 2. The molecule has 0 bridgehead atoms. The van der Waals surface area contributed by atoms with Crippen molar-refractivity contribution in [1.82, 2.24) is 0 Å². The fraction of sp³-hybridized carbons (Fsp3) is 0.400. The molecule has 1 aliphatic heterocycles. The summed E-state index contributed by atoms with van der Waals surface area (Å²) in [5, 5.41) is 9.56. The molecule has 1 atom stereocenters. The summed E-state index contributed by atoms with van der Waals surface area (Å²) in [4.78, 5) is 0. The van der Waals surface area contributed by atoms with Gasteiger partial charge in [-0.25, -0.2) is 0 Å². The van der Waals surface area contributed by atoms with Crippen LogP contribution in [0.4, 0.5) is 0 Å². The van der Waals surface area contributed by atoms with Crippen molar-refractivity contribution >= 4 is 12.6 Å². The van der Waals surface area contributed by atoms with Crippen LogP contribution in [0.1, 0.15) is 11.7 Å². The molecular formula is C10H12O3S. The SMILES string of the molecule is OC(CS)c1ccc2c(c1)OCCO2. The fourth-order valence-corrected chi connectivity index (χ4v) is 1.58. The Labute approximate surface area is 88.1 Å². The Bertz CT molecular complexity index is 327. The van der Waals surface area contributed by atoms with E-state index in [9.17, 15) is 5.11 Å². The molecule has 0 amide bonds. The second-order valence-corrected chi connectivity index (χ2v) is 3.47. The number of thiol groups is 1. The van der Waals surface area contributed by atoms with Crippen LogP contribution in [0.25, 0.3) is 0 Å². The van der Waals surface area contributed by atoms with Crippen LogP contribution >= 0.6 is 12.6 Å². The number of hydrogen-bond donors (Lipinski definition) is 2. The molecular weight excluding hydrogens is 200 g/mol. The molecule has 0 saturated carbocycles. The van der Waals surface area contributed by atoms with E-state index in [0.717, 1.165) is 11.3 Å². The largest absolute Gasteiger partial charge is 0.486 e.